The maximum atomic E-state index is 13.1. The zero-order valence-electron chi connectivity index (χ0n) is 15.4. The summed E-state index contributed by atoms with van der Waals surface area (Å²) in [5.41, 5.74) is -0.713. The van der Waals surface area contributed by atoms with E-state index in [-0.39, 0.29) is 32.6 Å². The molecular formula is C16H23FLiNO4S. The summed E-state index contributed by atoms with van der Waals surface area (Å²) in [6.07, 6.45) is 1.44. The summed E-state index contributed by atoms with van der Waals surface area (Å²) >= 11 is 0. The van der Waals surface area contributed by atoms with Crippen molar-refractivity contribution in [2.75, 3.05) is 6.26 Å². The van der Waals surface area contributed by atoms with Crippen molar-refractivity contribution in [3.8, 4) is 0 Å². The molecule has 3 atom stereocenters. The SMILES string of the molecule is CC(C)C[C@]1(C(=O)O)C[C@H](S(C)(=O)=O)[C@@H](c2ccc(F)cc2)N1.[H-].[Li+]. The Morgan fingerprint density at radius 2 is 1.96 bits per heavy atom. The Morgan fingerprint density at radius 1 is 1.42 bits per heavy atom. The zero-order chi connectivity index (χ0) is 17.4. The molecule has 1 heterocycles. The molecule has 0 aliphatic carbocycles. The van der Waals surface area contributed by atoms with Crippen LogP contribution in [0.3, 0.4) is 0 Å². The minimum absolute atomic E-state index is 0. The first-order valence-corrected chi connectivity index (χ1v) is 9.46. The molecular weight excluding hydrogens is 328 g/mol. The van der Waals surface area contributed by atoms with Gasteiger partial charge in [0, 0.05) is 12.3 Å². The molecule has 0 amide bonds. The molecule has 24 heavy (non-hydrogen) atoms. The number of hydrogen-bond donors (Lipinski definition) is 2. The summed E-state index contributed by atoms with van der Waals surface area (Å²) in [4.78, 5) is 11.8. The molecule has 0 aromatic heterocycles. The van der Waals surface area contributed by atoms with E-state index in [2.05, 4.69) is 5.32 Å². The summed E-state index contributed by atoms with van der Waals surface area (Å²) in [5, 5.41) is 11.9. The van der Waals surface area contributed by atoms with Gasteiger partial charge in [-0.15, -0.1) is 0 Å². The second-order valence-corrected chi connectivity index (χ2v) is 9.00. The number of rotatable bonds is 5. The minimum atomic E-state index is -3.47. The van der Waals surface area contributed by atoms with E-state index >= 15 is 0 Å². The standard InChI is InChI=1S/C16H22FNO4S.Li.H/c1-10(2)8-16(15(19)20)9-13(23(3,21)22)14(18-16)11-4-6-12(17)7-5-11;;/h4-7,10,13-14,18H,8-9H2,1-3H3,(H,19,20);;/q;+1;-1/t13-,14+,16+;;/m0../s1. The van der Waals surface area contributed by atoms with Crippen molar-refractivity contribution in [3.05, 3.63) is 35.6 Å². The van der Waals surface area contributed by atoms with Crippen molar-refractivity contribution in [2.45, 2.75) is 43.5 Å². The van der Waals surface area contributed by atoms with Crippen LogP contribution in [-0.4, -0.2) is 36.5 Å². The van der Waals surface area contributed by atoms with Crippen molar-refractivity contribution in [1.82, 2.24) is 5.32 Å². The summed E-state index contributed by atoms with van der Waals surface area (Å²) in [6.45, 7) is 3.79. The third-order valence-electron chi connectivity index (χ3n) is 4.30. The van der Waals surface area contributed by atoms with Crippen LogP contribution < -0.4 is 24.2 Å². The van der Waals surface area contributed by atoms with E-state index in [0.29, 0.717) is 12.0 Å². The smallest absolute Gasteiger partial charge is 1.00 e. The van der Waals surface area contributed by atoms with Gasteiger partial charge < -0.3 is 6.53 Å². The van der Waals surface area contributed by atoms with E-state index < -0.39 is 38.5 Å². The Kier molecular flexibility index (Phi) is 6.68. The number of benzene rings is 1. The molecule has 2 N–H and O–H groups in total. The van der Waals surface area contributed by atoms with Crippen molar-refractivity contribution in [1.29, 1.82) is 0 Å². The molecule has 1 saturated heterocycles. The molecule has 5 nitrogen and oxygen atoms in total. The summed E-state index contributed by atoms with van der Waals surface area (Å²) in [6, 6.07) is 4.83. The second kappa shape index (κ2) is 7.57. The van der Waals surface area contributed by atoms with Gasteiger partial charge in [-0.25, -0.2) is 12.8 Å². The largest absolute Gasteiger partial charge is 1.00 e. The van der Waals surface area contributed by atoms with Gasteiger partial charge in [-0.2, -0.15) is 0 Å². The molecule has 0 bridgehead atoms. The summed E-state index contributed by atoms with van der Waals surface area (Å²) in [5.74, 6) is -1.38. The van der Waals surface area contributed by atoms with Gasteiger partial charge in [0.05, 0.1) is 5.25 Å². The third kappa shape index (κ3) is 4.40. The topological polar surface area (TPSA) is 83.5 Å². The first-order chi connectivity index (χ1) is 10.5. The number of aliphatic carboxylic acids is 1. The van der Waals surface area contributed by atoms with Crippen LogP contribution in [0.1, 0.15) is 39.7 Å². The fraction of sp³-hybridized carbons (Fsp3) is 0.562. The fourth-order valence-corrected chi connectivity index (χ4v) is 4.66. The fourth-order valence-electron chi connectivity index (χ4n) is 3.35. The van der Waals surface area contributed by atoms with Gasteiger partial charge in [0.25, 0.3) is 0 Å². The van der Waals surface area contributed by atoms with E-state index in [1.165, 1.54) is 24.3 Å². The van der Waals surface area contributed by atoms with Gasteiger partial charge in [0.15, 0.2) is 9.84 Å². The number of sulfone groups is 1. The van der Waals surface area contributed by atoms with Crippen molar-refractivity contribution in [2.24, 2.45) is 5.92 Å². The number of carbonyl (C=O) groups is 1. The van der Waals surface area contributed by atoms with Crippen LogP contribution in [0.25, 0.3) is 0 Å². The average molecular weight is 351 g/mol. The van der Waals surface area contributed by atoms with Gasteiger partial charge in [-0.1, -0.05) is 26.0 Å². The van der Waals surface area contributed by atoms with Crippen molar-refractivity contribution >= 4 is 15.8 Å². The van der Waals surface area contributed by atoms with E-state index in [9.17, 15) is 22.7 Å². The maximum Gasteiger partial charge on any atom is 1.00 e. The van der Waals surface area contributed by atoms with Gasteiger partial charge in [0.1, 0.15) is 11.4 Å². The number of hydrogen-bond acceptors (Lipinski definition) is 4. The predicted molar refractivity (Wildman–Crippen MR) is 86.5 cm³/mol. The Hall–Kier alpha value is -0.873. The van der Waals surface area contributed by atoms with Crippen LogP contribution in [0.2, 0.25) is 0 Å². The maximum absolute atomic E-state index is 13.1. The monoisotopic (exact) mass is 351 g/mol. The molecule has 2 rings (SSSR count). The second-order valence-electron chi connectivity index (χ2n) is 6.73. The Morgan fingerprint density at radius 3 is 2.38 bits per heavy atom. The molecule has 1 aliphatic heterocycles. The average Bonchev–Trinajstić information content (AvgIpc) is 2.80. The molecule has 1 aliphatic rings. The Bertz CT molecular complexity index is 699. The van der Waals surface area contributed by atoms with E-state index in [1.807, 2.05) is 13.8 Å². The van der Waals surface area contributed by atoms with Crippen LogP contribution in [0.4, 0.5) is 4.39 Å². The zero-order valence-corrected chi connectivity index (χ0v) is 15.2. The van der Waals surface area contributed by atoms with Crippen molar-refractivity contribution in [3.63, 3.8) is 0 Å². The molecule has 1 aromatic carbocycles. The molecule has 0 saturated carbocycles. The molecule has 8 heteroatoms. The summed E-state index contributed by atoms with van der Waals surface area (Å²) in [7, 11) is -3.47. The van der Waals surface area contributed by atoms with Crippen LogP contribution in [0.5, 0.6) is 0 Å². The third-order valence-corrected chi connectivity index (χ3v) is 5.84. The van der Waals surface area contributed by atoms with Gasteiger partial charge >= 0.3 is 24.8 Å². The molecule has 0 radical (unpaired) electrons. The first-order valence-electron chi connectivity index (χ1n) is 7.50. The molecule has 1 fully saturated rings. The van der Waals surface area contributed by atoms with Crippen molar-refractivity contribution < 1.29 is 43.0 Å². The predicted octanol–water partition coefficient (Wildman–Crippen LogP) is -0.741. The normalized spacial score (nSPS) is 27.0. The van der Waals surface area contributed by atoms with Crippen LogP contribution in [0.15, 0.2) is 24.3 Å². The van der Waals surface area contributed by atoms with Crippen LogP contribution >= 0.6 is 0 Å². The van der Waals surface area contributed by atoms with E-state index in [4.69, 9.17) is 0 Å². The number of nitrogens with one attached hydrogen (secondary N) is 1. The minimum Gasteiger partial charge on any atom is -1.00 e. The van der Waals surface area contributed by atoms with Crippen LogP contribution in [0, 0.1) is 11.7 Å². The Labute approximate surface area is 155 Å². The van der Waals surface area contributed by atoms with E-state index in [1.54, 1.807) is 0 Å². The molecule has 0 spiro atoms. The van der Waals surface area contributed by atoms with Gasteiger partial charge in [0.2, 0.25) is 0 Å². The van der Waals surface area contributed by atoms with E-state index in [0.717, 1.165) is 6.26 Å². The number of carboxylic acids is 1. The molecule has 0 unspecified atom stereocenters. The Balaban J connectivity index is 0.00000288. The van der Waals surface area contributed by atoms with Crippen LogP contribution in [-0.2, 0) is 14.6 Å². The summed E-state index contributed by atoms with van der Waals surface area (Å²) < 4.78 is 37.5. The van der Waals surface area contributed by atoms with Gasteiger partial charge in [-0.05, 0) is 36.5 Å². The first kappa shape index (κ1) is 21.2. The molecule has 1 aromatic rings. The number of carboxylic acid groups (broad SMARTS) is 1. The molecule has 130 valence electrons. The van der Waals surface area contributed by atoms with Gasteiger partial charge in [-0.3, -0.25) is 10.1 Å². The number of halogens is 1. The quantitative estimate of drug-likeness (QED) is 0.683.